The Labute approximate surface area is 169 Å². The van der Waals surface area contributed by atoms with E-state index in [1.165, 1.54) is 35.2 Å². The second-order valence-electron chi connectivity index (χ2n) is 6.13. The number of nitrogens with zero attached hydrogens (tertiary/aromatic N) is 1. The van der Waals surface area contributed by atoms with E-state index in [-0.39, 0.29) is 28.9 Å². The van der Waals surface area contributed by atoms with Crippen LogP contribution in [0.4, 0.5) is 13.6 Å². The monoisotopic (exact) mass is 429 g/mol. The number of ether oxygens (including phenoxy) is 1. The molecule has 0 radical (unpaired) electrons. The van der Waals surface area contributed by atoms with Gasteiger partial charge in [0.15, 0.2) is 0 Å². The summed E-state index contributed by atoms with van der Waals surface area (Å²) in [7, 11) is 0. The van der Waals surface area contributed by atoms with Gasteiger partial charge in [0.05, 0.1) is 22.6 Å². The Balaban J connectivity index is 1.87. The van der Waals surface area contributed by atoms with Gasteiger partial charge in [-0.3, -0.25) is 4.79 Å². The number of amides is 3. The minimum atomic E-state index is -0.869. The maximum atomic E-state index is 13.5. The summed E-state index contributed by atoms with van der Waals surface area (Å²) in [5.41, 5.74) is 5.75. The molecule has 0 saturated carbocycles. The molecule has 0 spiro atoms. The molecule has 0 aliphatic carbocycles. The summed E-state index contributed by atoms with van der Waals surface area (Å²) in [6.45, 7) is -0.0792. The number of rotatable bonds is 6. The molecule has 0 bridgehead atoms. The summed E-state index contributed by atoms with van der Waals surface area (Å²) in [6.07, 6.45) is 0. The topological polar surface area (TPSA) is 84.7 Å². The van der Waals surface area contributed by atoms with Crippen LogP contribution in [-0.4, -0.2) is 36.0 Å². The first kappa shape index (κ1) is 20.2. The predicted octanol–water partition coefficient (Wildman–Crippen LogP) is 3.27. The van der Waals surface area contributed by atoms with Crippen LogP contribution < -0.4 is 15.8 Å². The zero-order chi connectivity index (χ0) is 20.4. The Kier molecular flexibility index (Phi) is 5.90. The molecule has 1 heterocycles. The third-order valence-electron chi connectivity index (χ3n) is 4.28. The number of hydrogen-bond donors (Lipinski definition) is 2. The number of primary amides is 1. The van der Waals surface area contributed by atoms with E-state index in [1.54, 1.807) is 0 Å². The van der Waals surface area contributed by atoms with E-state index in [0.29, 0.717) is 5.56 Å². The summed E-state index contributed by atoms with van der Waals surface area (Å²) in [5.74, 6) is -1.62. The van der Waals surface area contributed by atoms with Crippen molar-refractivity contribution >= 4 is 35.1 Å². The van der Waals surface area contributed by atoms with E-state index in [9.17, 15) is 18.4 Å². The molecule has 2 aromatic carbocycles. The Morgan fingerprint density at radius 2 is 1.86 bits per heavy atom. The number of urea groups is 1. The molecule has 2 aromatic rings. The number of carbonyl (C=O) groups excluding carboxylic acids is 2. The highest BCUT2D eigenvalue weighted by Crippen LogP contribution is 2.29. The zero-order valence-corrected chi connectivity index (χ0v) is 15.8. The fraction of sp³-hybridized carbons (Fsp3) is 0.222. The average Bonchev–Trinajstić information content (AvgIpc) is 3.03. The van der Waals surface area contributed by atoms with Gasteiger partial charge in [-0.2, -0.15) is 0 Å². The van der Waals surface area contributed by atoms with Gasteiger partial charge in [-0.1, -0.05) is 29.3 Å². The second kappa shape index (κ2) is 8.20. The van der Waals surface area contributed by atoms with E-state index in [4.69, 9.17) is 33.7 Å². The highest BCUT2D eigenvalue weighted by molar-refractivity contribution is 6.31. The average molecular weight is 430 g/mol. The second-order valence-corrected chi connectivity index (χ2v) is 6.95. The van der Waals surface area contributed by atoms with Crippen LogP contribution >= 0.6 is 23.2 Å². The van der Waals surface area contributed by atoms with Crippen molar-refractivity contribution in [3.8, 4) is 5.75 Å². The van der Waals surface area contributed by atoms with Crippen LogP contribution in [0.25, 0.3) is 0 Å². The summed E-state index contributed by atoms with van der Waals surface area (Å²) in [6, 6.07) is 5.69. The fourth-order valence-electron chi connectivity index (χ4n) is 2.81. The van der Waals surface area contributed by atoms with Crippen LogP contribution in [0.3, 0.4) is 0 Å². The standard InChI is InChI=1S/C18H15Cl2F2N3O3/c19-11-5-9(1-3-13(11)21)16(25-7-15(17(23)26)24-18(25)27)8-28-10-2-4-14(22)12(20)6-10/h1-6,15-16H,7-8H2,(H2,23,26)(H,24,27)/t15?,16-/m0/s1. The number of hydrogen-bond acceptors (Lipinski definition) is 3. The largest absolute Gasteiger partial charge is 0.491 e. The Morgan fingerprint density at radius 1 is 1.21 bits per heavy atom. The molecule has 3 rings (SSSR count). The van der Waals surface area contributed by atoms with Crippen molar-refractivity contribution in [3.63, 3.8) is 0 Å². The van der Waals surface area contributed by atoms with Gasteiger partial charge in [0.1, 0.15) is 30.0 Å². The molecule has 3 N–H and O–H groups in total. The fourth-order valence-corrected chi connectivity index (χ4v) is 3.17. The number of nitrogens with one attached hydrogen (secondary N) is 1. The first-order chi connectivity index (χ1) is 13.3. The lowest BCUT2D eigenvalue weighted by Crippen LogP contribution is -2.39. The van der Waals surface area contributed by atoms with E-state index >= 15 is 0 Å². The molecular weight excluding hydrogens is 415 g/mol. The molecule has 6 nitrogen and oxygen atoms in total. The van der Waals surface area contributed by atoms with Crippen molar-refractivity contribution in [2.24, 2.45) is 5.73 Å². The van der Waals surface area contributed by atoms with Crippen LogP contribution in [0.2, 0.25) is 10.0 Å². The lowest BCUT2D eigenvalue weighted by atomic mass is 10.1. The van der Waals surface area contributed by atoms with E-state index in [1.807, 2.05) is 0 Å². The van der Waals surface area contributed by atoms with Crippen molar-refractivity contribution in [1.29, 1.82) is 0 Å². The van der Waals surface area contributed by atoms with E-state index in [0.717, 1.165) is 6.07 Å². The minimum Gasteiger partial charge on any atom is -0.491 e. The molecule has 0 aromatic heterocycles. The van der Waals surface area contributed by atoms with Crippen molar-refractivity contribution in [2.75, 3.05) is 13.2 Å². The molecule has 10 heteroatoms. The molecule has 3 amide bonds. The number of benzene rings is 2. The van der Waals surface area contributed by atoms with Gasteiger partial charge in [-0.05, 0) is 29.8 Å². The predicted molar refractivity (Wildman–Crippen MR) is 99.3 cm³/mol. The van der Waals surface area contributed by atoms with Gasteiger partial charge in [0, 0.05) is 6.07 Å². The SMILES string of the molecule is NC(=O)C1CN([C@@H](COc2ccc(F)c(Cl)c2)c2ccc(F)c(Cl)c2)C(=O)N1. The molecule has 28 heavy (non-hydrogen) atoms. The zero-order valence-electron chi connectivity index (χ0n) is 14.3. The van der Waals surface area contributed by atoms with Crippen LogP contribution in [-0.2, 0) is 4.79 Å². The molecule has 1 aliphatic rings. The van der Waals surface area contributed by atoms with Crippen LogP contribution in [0.1, 0.15) is 11.6 Å². The minimum absolute atomic E-state index is 0.00135. The van der Waals surface area contributed by atoms with Crippen LogP contribution in [0, 0.1) is 11.6 Å². The van der Waals surface area contributed by atoms with Crippen LogP contribution in [0.15, 0.2) is 36.4 Å². The van der Waals surface area contributed by atoms with Gasteiger partial charge in [0.25, 0.3) is 0 Å². The highest BCUT2D eigenvalue weighted by Gasteiger charge is 2.37. The quantitative estimate of drug-likeness (QED) is 0.738. The molecule has 2 atom stereocenters. The van der Waals surface area contributed by atoms with Gasteiger partial charge in [-0.15, -0.1) is 0 Å². The third kappa shape index (κ3) is 4.28. The van der Waals surface area contributed by atoms with Crippen molar-refractivity contribution in [3.05, 3.63) is 63.6 Å². The molecule has 1 aliphatic heterocycles. The lowest BCUT2D eigenvalue weighted by molar-refractivity contribution is -0.119. The normalized spacial score (nSPS) is 17.4. The molecule has 1 unspecified atom stereocenters. The summed E-state index contributed by atoms with van der Waals surface area (Å²) < 4.78 is 32.5. The maximum Gasteiger partial charge on any atom is 0.318 e. The van der Waals surface area contributed by atoms with E-state index in [2.05, 4.69) is 5.32 Å². The smallest absolute Gasteiger partial charge is 0.318 e. The first-order valence-corrected chi connectivity index (χ1v) is 8.91. The van der Waals surface area contributed by atoms with E-state index < -0.39 is 35.7 Å². The van der Waals surface area contributed by atoms with Gasteiger partial charge in [-0.25, -0.2) is 13.6 Å². The Hall–Kier alpha value is -2.58. The van der Waals surface area contributed by atoms with Gasteiger partial charge in [0.2, 0.25) is 5.91 Å². The van der Waals surface area contributed by atoms with Crippen molar-refractivity contribution in [1.82, 2.24) is 10.2 Å². The van der Waals surface area contributed by atoms with Gasteiger partial charge >= 0.3 is 6.03 Å². The lowest BCUT2D eigenvalue weighted by Gasteiger charge is -2.27. The third-order valence-corrected chi connectivity index (χ3v) is 4.86. The number of halogens is 4. The first-order valence-electron chi connectivity index (χ1n) is 8.15. The summed E-state index contributed by atoms with van der Waals surface area (Å²) >= 11 is 11.6. The summed E-state index contributed by atoms with van der Waals surface area (Å²) in [5, 5.41) is 2.23. The van der Waals surface area contributed by atoms with Crippen LogP contribution in [0.5, 0.6) is 5.75 Å². The summed E-state index contributed by atoms with van der Waals surface area (Å²) in [4.78, 5) is 25.1. The molecule has 1 fully saturated rings. The Morgan fingerprint density at radius 3 is 2.43 bits per heavy atom. The van der Waals surface area contributed by atoms with Gasteiger partial charge < -0.3 is 20.7 Å². The van der Waals surface area contributed by atoms with Crippen molar-refractivity contribution in [2.45, 2.75) is 12.1 Å². The number of nitrogens with two attached hydrogens (primary N) is 1. The molecule has 148 valence electrons. The Bertz CT molecular complexity index is 929. The maximum absolute atomic E-state index is 13.5. The number of carbonyl (C=O) groups is 2. The highest BCUT2D eigenvalue weighted by atomic mass is 35.5. The molecular formula is C18H15Cl2F2N3O3. The van der Waals surface area contributed by atoms with Crippen molar-refractivity contribution < 1.29 is 23.1 Å². The molecule has 1 saturated heterocycles.